The fraction of sp³-hybridized carbons (Fsp3) is 0.500. The topological polar surface area (TPSA) is 33.7 Å². The standard InChI is InChI=1S/C14H20N2O2S/c1-17-12-8-11(9-13(10-12)18-2)15-14(19)16-6-4-3-5-7-16/h8-10H,3-7H2,1-2H3,(H,15,19). The Balaban J connectivity index is 2.06. The van der Waals surface area contributed by atoms with E-state index < -0.39 is 0 Å². The zero-order valence-corrected chi connectivity index (χ0v) is 12.3. The van der Waals surface area contributed by atoms with Gasteiger partial charge in [-0.05, 0) is 31.5 Å². The average Bonchev–Trinajstić information content (AvgIpc) is 2.47. The van der Waals surface area contributed by atoms with Crippen LogP contribution in [0.4, 0.5) is 5.69 Å². The first-order valence-electron chi connectivity index (χ1n) is 6.52. The molecule has 0 unspecified atom stereocenters. The van der Waals surface area contributed by atoms with Crippen molar-refractivity contribution in [2.75, 3.05) is 32.6 Å². The van der Waals surface area contributed by atoms with Crippen LogP contribution >= 0.6 is 12.2 Å². The quantitative estimate of drug-likeness (QED) is 0.861. The van der Waals surface area contributed by atoms with Gasteiger partial charge in [0.15, 0.2) is 5.11 Å². The number of nitrogens with zero attached hydrogens (tertiary/aromatic N) is 1. The molecule has 4 nitrogen and oxygen atoms in total. The van der Waals surface area contributed by atoms with Gasteiger partial charge < -0.3 is 19.7 Å². The maximum Gasteiger partial charge on any atom is 0.173 e. The Bertz CT molecular complexity index is 423. The van der Waals surface area contributed by atoms with Crippen molar-refractivity contribution in [3.63, 3.8) is 0 Å². The lowest BCUT2D eigenvalue weighted by molar-refractivity contribution is 0.346. The van der Waals surface area contributed by atoms with Gasteiger partial charge in [0.1, 0.15) is 11.5 Å². The summed E-state index contributed by atoms with van der Waals surface area (Å²) in [5.74, 6) is 1.51. The van der Waals surface area contributed by atoms with Gasteiger partial charge in [0.25, 0.3) is 0 Å². The lowest BCUT2D eigenvalue weighted by atomic mass is 10.1. The van der Waals surface area contributed by atoms with E-state index in [0.29, 0.717) is 0 Å². The summed E-state index contributed by atoms with van der Waals surface area (Å²) in [5.41, 5.74) is 0.895. The van der Waals surface area contributed by atoms with Gasteiger partial charge in [-0.25, -0.2) is 0 Å². The molecular weight excluding hydrogens is 260 g/mol. The highest BCUT2D eigenvalue weighted by molar-refractivity contribution is 7.80. The normalized spacial score (nSPS) is 14.9. The van der Waals surface area contributed by atoms with Gasteiger partial charge in [-0.1, -0.05) is 0 Å². The first kappa shape index (κ1) is 13.9. The van der Waals surface area contributed by atoms with E-state index >= 15 is 0 Å². The fourth-order valence-electron chi connectivity index (χ4n) is 2.18. The Morgan fingerprint density at radius 3 is 2.16 bits per heavy atom. The van der Waals surface area contributed by atoms with Crippen LogP contribution in [0, 0.1) is 0 Å². The van der Waals surface area contributed by atoms with Crippen LogP contribution in [-0.2, 0) is 0 Å². The number of hydrogen-bond acceptors (Lipinski definition) is 3. The van der Waals surface area contributed by atoms with E-state index in [0.717, 1.165) is 35.4 Å². The molecule has 1 aromatic carbocycles. The van der Waals surface area contributed by atoms with Crippen molar-refractivity contribution in [1.82, 2.24) is 4.90 Å². The predicted molar refractivity (Wildman–Crippen MR) is 81.2 cm³/mol. The van der Waals surface area contributed by atoms with Gasteiger partial charge in [-0.3, -0.25) is 0 Å². The second-order valence-corrected chi connectivity index (χ2v) is 4.97. The Labute approximate surface area is 119 Å². The molecule has 5 heteroatoms. The van der Waals surface area contributed by atoms with Crippen molar-refractivity contribution >= 4 is 23.0 Å². The number of nitrogens with one attached hydrogen (secondary N) is 1. The van der Waals surface area contributed by atoms with E-state index in [-0.39, 0.29) is 0 Å². The molecule has 1 fully saturated rings. The minimum absolute atomic E-state index is 0.753. The first-order valence-corrected chi connectivity index (χ1v) is 6.93. The molecule has 0 radical (unpaired) electrons. The monoisotopic (exact) mass is 280 g/mol. The van der Waals surface area contributed by atoms with Crippen LogP contribution in [0.5, 0.6) is 11.5 Å². The molecule has 0 aliphatic carbocycles. The molecule has 19 heavy (non-hydrogen) atoms. The number of piperidine rings is 1. The Morgan fingerprint density at radius 2 is 1.63 bits per heavy atom. The van der Waals surface area contributed by atoms with Gasteiger partial charge in [-0.15, -0.1) is 0 Å². The molecule has 0 aromatic heterocycles. The number of benzene rings is 1. The molecule has 0 atom stereocenters. The number of methoxy groups -OCH3 is 2. The zero-order valence-electron chi connectivity index (χ0n) is 11.4. The highest BCUT2D eigenvalue weighted by Crippen LogP contribution is 2.26. The van der Waals surface area contributed by atoms with E-state index in [1.807, 2.05) is 18.2 Å². The zero-order chi connectivity index (χ0) is 13.7. The van der Waals surface area contributed by atoms with Crippen LogP contribution in [0.2, 0.25) is 0 Å². The van der Waals surface area contributed by atoms with Crippen molar-refractivity contribution in [3.05, 3.63) is 18.2 Å². The summed E-state index contributed by atoms with van der Waals surface area (Å²) < 4.78 is 10.5. The molecule has 1 heterocycles. The summed E-state index contributed by atoms with van der Waals surface area (Å²) in [6.07, 6.45) is 3.72. The first-order chi connectivity index (χ1) is 9.22. The van der Waals surface area contributed by atoms with Crippen LogP contribution in [0.15, 0.2) is 18.2 Å². The lowest BCUT2D eigenvalue weighted by Gasteiger charge is -2.29. The van der Waals surface area contributed by atoms with Crippen molar-refractivity contribution in [2.24, 2.45) is 0 Å². The van der Waals surface area contributed by atoms with Gasteiger partial charge in [-0.2, -0.15) is 0 Å². The summed E-state index contributed by atoms with van der Waals surface area (Å²) in [6.45, 7) is 2.07. The maximum absolute atomic E-state index is 5.45. The number of anilines is 1. The molecule has 0 bridgehead atoms. The number of hydrogen-bond donors (Lipinski definition) is 1. The second kappa shape index (κ2) is 6.61. The molecule has 1 aliphatic rings. The molecule has 2 rings (SSSR count). The molecule has 1 aliphatic heterocycles. The maximum atomic E-state index is 5.45. The van der Waals surface area contributed by atoms with Gasteiger partial charge >= 0.3 is 0 Å². The predicted octanol–water partition coefficient (Wildman–Crippen LogP) is 2.89. The molecule has 1 saturated heterocycles. The number of ether oxygens (including phenoxy) is 2. The number of likely N-dealkylation sites (tertiary alicyclic amines) is 1. The smallest absolute Gasteiger partial charge is 0.173 e. The second-order valence-electron chi connectivity index (χ2n) is 4.58. The summed E-state index contributed by atoms with van der Waals surface area (Å²) in [6, 6.07) is 5.67. The number of rotatable bonds is 3. The van der Waals surface area contributed by atoms with E-state index in [1.165, 1.54) is 19.3 Å². The largest absolute Gasteiger partial charge is 0.497 e. The van der Waals surface area contributed by atoms with Gasteiger partial charge in [0, 0.05) is 37.0 Å². The van der Waals surface area contributed by atoms with Crippen molar-refractivity contribution < 1.29 is 9.47 Å². The molecule has 0 saturated carbocycles. The van der Waals surface area contributed by atoms with E-state index in [4.69, 9.17) is 21.7 Å². The van der Waals surface area contributed by atoms with Crippen LogP contribution in [0.3, 0.4) is 0 Å². The third-order valence-electron chi connectivity index (χ3n) is 3.25. The van der Waals surface area contributed by atoms with Crippen LogP contribution in [0.1, 0.15) is 19.3 Å². The van der Waals surface area contributed by atoms with Crippen molar-refractivity contribution in [3.8, 4) is 11.5 Å². The third kappa shape index (κ3) is 3.73. The van der Waals surface area contributed by atoms with Gasteiger partial charge in [0.2, 0.25) is 0 Å². The van der Waals surface area contributed by atoms with E-state index in [1.54, 1.807) is 14.2 Å². The minimum atomic E-state index is 0.753. The lowest BCUT2D eigenvalue weighted by Crippen LogP contribution is -2.38. The number of thiocarbonyl (C=S) groups is 1. The minimum Gasteiger partial charge on any atom is -0.497 e. The molecule has 0 amide bonds. The third-order valence-corrected chi connectivity index (χ3v) is 3.61. The summed E-state index contributed by atoms with van der Waals surface area (Å²) in [5, 5.41) is 4.03. The Morgan fingerprint density at radius 1 is 1.05 bits per heavy atom. The van der Waals surface area contributed by atoms with E-state index in [2.05, 4.69) is 10.2 Å². The molecule has 104 valence electrons. The average molecular weight is 280 g/mol. The van der Waals surface area contributed by atoms with Crippen molar-refractivity contribution in [2.45, 2.75) is 19.3 Å². The molecule has 0 spiro atoms. The van der Waals surface area contributed by atoms with Crippen molar-refractivity contribution in [1.29, 1.82) is 0 Å². The molecule has 1 aromatic rings. The highest BCUT2D eigenvalue weighted by Gasteiger charge is 2.13. The van der Waals surface area contributed by atoms with Crippen LogP contribution in [-0.4, -0.2) is 37.3 Å². The molecular formula is C14H20N2O2S. The molecule has 1 N–H and O–H groups in total. The fourth-order valence-corrected chi connectivity index (χ4v) is 2.48. The Hall–Kier alpha value is -1.49. The van der Waals surface area contributed by atoms with Crippen LogP contribution in [0.25, 0.3) is 0 Å². The van der Waals surface area contributed by atoms with Crippen LogP contribution < -0.4 is 14.8 Å². The van der Waals surface area contributed by atoms with E-state index in [9.17, 15) is 0 Å². The summed E-state index contributed by atoms with van der Waals surface area (Å²) in [7, 11) is 3.28. The van der Waals surface area contributed by atoms with Gasteiger partial charge in [0.05, 0.1) is 14.2 Å². The Kier molecular flexibility index (Phi) is 4.85. The summed E-state index contributed by atoms with van der Waals surface area (Å²) >= 11 is 5.45. The SMILES string of the molecule is COc1cc(NC(=S)N2CCCCC2)cc(OC)c1. The highest BCUT2D eigenvalue weighted by atomic mass is 32.1. The summed E-state index contributed by atoms with van der Waals surface area (Å²) in [4.78, 5) is 2.21.